The molecular formula is C32H31F3N6O2S2. The second kappa shape index (κ2) is 13.8. The van der Waals surface area contributed by atoms with Crippen LogP contribution in [0.3, 0.4) is 0 Å². The Hall–Kier alpha value is -4.23. The van der Waals surface area contributed by atoms with Gasteiger partial charge in [0.25, 0.3) is 0 Å². The SMILES string of the molecule is CCCc1ccc(C)cc1N1C(=O)CSC1=NC(=S)NC(C)Cc1ccc(-c2ncn(-c3ccc(OC(F)(F)F)cc3)n2)cc1. The molecule has 4 aromatic rings. The number of thiocarbonyl (C=S) groups is 1. The number of alkyl halides is 3. The van der Waals surface area contributed by atoms with Crippen LogP contribution in [-0.2, 0) is 17.6 Å². The number of anilines is 1. The molecule has 0 saturated carbocycles. The van der Waals surface area contributed by atoms with Crippen molar-refractivity contribution in [2.45, 2.75) is 52.4 Å². The Morgan fingerprint density at radius 1 is 1.13 bits per heavy atom. The van der Waals surface area contributed by atoms with Gasteiger partial charge in [-0.3, -0.25) is 9.69 Å². The van der Waals surface area contributed by atoms with Gasteiger partial charge in [0.15, 0.2) is 16.1 Å². The van der Waals surface area contributed by atoms with Gasteiger partial charge in [-0.25, -0.2) is 9.67 Å². The first-order valence-electron chi connectivity index (χ1n) is 14.3. The quantitative estimate of drug-likeness (QED) is 0.194. The Balaban J connectivity index is 1.20. The molecule has 0 bridgehead atoms. The third-order valence-electron chi connectivity index (χ3n) is 6.91. The molecule has 234 valence electrons. The number of amidine groups is 1. The highest BCUT2D eigenvalue weighted by Crippen LogP contribution is 2.31. The Morgan fingerprint density at radius 2 is 1.87 bits per heavy atom. The molecule has 1 atom stereocenters. The number of amides is 1. The molecule has 1 aromatic heterocycles. The molecule has 1 saturated heterocycles. The van der Waals surface area contributed by atoms with E-state index in [-0.39, 0.29) is 17.7 Å². The van der Waals surface area contributed by atoms with Crippen LogP contribution in [-0.4, -0.2) is 49.1 Å². The number of aryl methyl sites for hydroxylation is 2. The minimum absolute atomic E-state index is 0.00889. The van der Waals surface area contributed by atoms with E-state index in [4.69, 9.17) is 12.2 Å². The number of benzene rings is 3. The number of carbonyl (C=O) groups is 1. The number of thioether (sulfide) groups is 1. The number of aliphatic imine (C=N–C) groups is 1. The molecule has 1 fully saturated rings. The number of rotatable bonds is 9. The van der Waals surface area contributed by atoms with Crippen LogP contribution in [0.4, 0.5) is 18.9 Å². The Kier molecular flexibility index (Phi) is 9.88. The predicted molar refractivity (Wildman–Crippen MR) is 175 cm³/mol. The third-order valence-corrected chi connectivity index (χ3v) is 8.05. The first-order valence-corrected chi connectivity index (χ1v) is 15.7. The van der Waals surface area contributed by atoms with Crippen LogP contribution < -0.4 is 15.0 Å². The van der Waals surface area contributed by atoms with Crippen molar-refractivity contribution in [3.8, 4) is 22.8 Å². The van der Waals surface area contributed by atoms with Crippen molar-refractivity contribution in [3.05, 3.63) is 89.7 Å². The van der Waals surface area contributed by atoms with Crippen molar-refractivity contribution in [1.29, 1.82) is 0 Å². The van der Waals surface area contributed by atoms with Gasteiger partial charge in [-0.05, 0) is 85.9 Å². The Morgan fingerprint density at radius 3 is 2.56 bits per heavy atom. The van der Waals surface area contributed by atoms with E-state index in [0.29, 0.717) is 34.0 Å². The van der Waals surface area contributed by atoms with E-state index < -0.39 is 6.36 Å². The number of carbonyl (C=O) groups excluding carboxylic acids is 1. The minimum Gasteiger partial charge on any atom is -0.406 e. The largest absolute Gasteiger partial charge is 0.573 e. The van der Waals surface area contributed by atoms with Crippen molar-refractivity contribution in [2.24, 2.45) is 4.99 Å². The molecule has 2 heterocycles. The van der Waals surface area contributed by atoms with Crippen molar-refractivity contribution in [2.75, 3.05) is 10.7 Å². The molecule has 3 aromatic carbocycles. The van der Waals surface area contributed by atoms with Gasteiger partial charge in [0.2, 0.25) is 5.91 Å². The smallest absolute Gasteiger partial charge is 0.406 e. The summed E-state index contributed by atoms with van der Waals surface area (Å²) in [6.45, 7) is 6.14. The van der Waals surface area contributed by atoms with E-state index in [1.165, 1.54) is 47.0 Å². The Bertz CT molecular complexity index is 1710. The molecule has 1 amide bonds. The van der Waals surface area contributed by atoms with E-state index in [1.807, 2.05) is 44.2 Å². The van der Waals surface area contributed by atoms with Crippen molar-refractivity contribution >= 4 is 45.9 Å². The molecule has 0 radical (unpaired) electrons. The second-order valence-corrected chi connectivity index (χ2v) is 11.9. The average Bonchev–Trinajstić information content (AvgIpc) is 3.61. The number of halogens is 3. The molecule has 0 aliphatic carbocycles. The molecule has 45 heavy (non-hydrogen) atoms. The maximum Gasteiger partial charge on any atom is 0.573 e. The summed E-state index contributed by atoms with van der Waals surface area (Å²) in [4.78, 5) is 23.5. The zero-order valence-electron chi connectivity index (χ0n) is 24.8. The summed E-state index contributed by atoms with van der Waals surface area (Å²) in [6.07, 6.45) is -0.740. The van der Waals surface area contributed by atoms with E-state index >= 15 is 0 Å². The maximum absolute atomic E-state index is 12.9. The van der Waals surface area contributed by atoms with Gasteiger partial charge in [-0.2, -0.15) is 4.99 Å². The zero-order valence-corrected chi connectivity index (χ0v) is 26.5. The number of ether oxygens (including phenoxy) is 1. The second-order valence-electron chi connectivity index (χ2n) is 10.6. The lowest BCUT2D eigenvalue weighted by Crippen LogP contribution is -2.35. The fourth-order valence-corrected chi connectivity index (χ4v) is 6.10. The number of nitrogens with one attached hydrogen (secondary N) is 1. The molecule has 8 nitrogen and oxygen atoms in total. The summed E-state index contributed by atoms with van der Waals surface area (Å²) < 4.78 is 42.7. The highest BCUT2D eigenvalue weighted by atomic mass is 32.2. The van der Waals surface area contributed by atoms with Crippen LogP contribution >= 0.6 is 24.0 Å². The topological polar surface area (TPSA) is 84.6 Å². The van der Waals surface area contributed by atoms with Crippen molar-refractivity contribution in [3.63, 3.8) is 0 Å². The van der Waals surface area contributed by atoms with Gasteiger partial charge < -0.3 is 10.1 Å². The zero-order chi connectivity index (χ0) is 32.1. The van der Waals surface area contributed by atoms with Crippen LogP contribution in [0.1, 0.15) is 37.0 Å². The molecule has 13 heteroatoms. The van der Waals surface area contributed by atoms with Crippen LogP contribution in [0, 0.1) is 6.92 Å². The molecule has 1 unspecified atom stereocenters. The summed E-state index contributed by atoms with van der Waals surface area (Å²) in [7, 11) is 0. The van der Waals surface area contributed by atoms with Gasteiger partial charge in [0.1, 0.15) is 12.1 Å². The summed E-state index contributed by atoms with van der Waals surface area (Å²) in [6, 6.07) is 19.3. The van der Waals surface area contributed by atoms with Crippen LogP contribution in [0.25, 0.3) is 17.1 Å². The first kappa shape index (κ1) is 32.2. The molecule has 5 rings (SSSR count). The lowest BCUT2D eigenvalue weighted by atomic mass is 10.0. The standard InChI is InChI=1S/C32H31F3N6O2S2/c1-4-5-23-9-6-20(2)16-27(23)41-28(42)18-45-31(41)38-30(44)37-21(3)17-22-7-10-24(11-8-22)29-36-19-40(39-29)25-12-14-26(15-13-25)43-32(33,34)35/h6-16,19,21H,4-5,17-18H2,1-3H3,(H,37,44). The maximum atomic E-state index is 12.9. The number of hydrogen-bond acceptors (Lipinski definition) is 6. The fraction of sp³-hybridized carbons (Fsp3) is 0.281. The normalized spacial score (nSPS) is 15.0. The van der Waals surface area contributed by atoms with Gasteiger partial charge in [0, 0.05) is 11.6 Å². The fourth-order valence-electron chi connectivity index (χ4n) is 4.89. The summed E-state index contributed by atoms with van der Waals surface area (Å²) >= 11 is 6.95. The van der Waals surface area contributed by atoms with Crippen molar-refractivity contribution < 1.29 is 22.7 Å². The molecular weight excluding hydrogens is 622 g/mol. The highest BCUT2D eigenvalue weighted by Gasteiger charge is 2.32. The molecule has 1 aliphatic heterocycles. The lowest BCUT2D eigenvalue weighted by molar-refractivity contribution is -0.274. The number of hydrogen-bond donors (Lipinski definition) is 1. The lowest BCUT2D eigenvalue weighted by Gasteiger charge is -2.21. The minimum atomic E-state index is -4.75. The number of nitrogens with zero attached hydrogens (tertiary/aromatic N) is 5. The van der Waals surface area contributed by atoms with Crippen LogP contribution in [0.15, 0.2) is 78.0 Å². The van der Waals surface area contributed by atoms with Gasteiger partial charge >= 0.3 is 6.36 Å². The Labute approximate surface area is 268 Å². The van der Waals surface area contributed by atoms with Crippen LogP contribution in [0.5, 0.6) is 5.75 Å². The number of aromatic nitrogens is 3. The monoisotopic (exact) mass is 652 g/mol. The molecule has 1 N–H and O–H groups in total. The highest BCUT2D eigenvalue weighted by molar-refractivity contribution is 8.15. The molecule has 1 aliphatic rings. The summed E-state index contributed by atoms with van der Waals surface area (Å²) in [5, 5.41) is 8.62. The van der Waals surface area contributed by atoms with E-state index in [0.717, 1.165) is 40.8 Å². The predicted octanol–water partition coefficient (Wildman–Crippen LogP) is 7.04. The third kappa shape index (κ3) is 8.28. The summed E-state index contributed by atoms with van der Waals surface area (Å²) in [5.74, 6) is 0.477. The molecule has 0 spiro atoms. The van der Waals surface area contributed by atoms with E-state index in [2.05, 4.69) is 44.2 Å². The van der Waals surface area contributed by atoms with E-state index in [9.17, 15) is 18.0 Å². The average molecular weight is 653 g/mol. The van der Waals surface area contributed by atoms with Crippen molar-refractivity contribution in [1.82, 2.24) is 20.1 Å². The summed E-state index contributed by atoms with van der Waals surface area (Å²) in [5.41, 5.74) is 5.45. The van der Waals surface area contributed by atoms with Gasteiger partial charge in [0.05, 0.1) is 17.1 Å². The van der Waals surface area contributed by atoms with Gasteiger partial charge in [-0.1, -0.05) is 61.5 Å². The van der Waals surface area contributed by atoms with Crippen LogP contribution in [0.2, 0.25) is 0 Å². The van der Waals surface area contributed by atoms with E-state index in [1.54, 1.807) is 4.90 Å². The van der Waals surface area contributed by atoms with Gasteiger partial charge in [-0.15, -0.1) is 18.3 Å². The first-order chi connectivity index (χ1) is 21.5.